The van der Waals surface area contributed by atoms with Crippen molar-refractivity contribution in [3.05, 3.63) is 47.0 Å². The molecule has 1 fully saturated rings. The lowest BCUT2D eigenvalue weighted by molar-refractivity contribution is 0.128. The van der Waals surface area contributed by atoms with Crippen molar-refractivity contribution in [2.45, 2.75) is 37.6 Å². The van der Waals surface area contributed by atoms with E-state index < -0.39 is 27.5 Å². The van der Waals surface area contributed by atoms with Gasteiger partial charge in [-0.3, -0.25) is 0 Å². The Morgan fingerprint density at radius 1 is 1.18 bits per heavy atom. The van der Waals surface area contributed by atoms with Crippen molar-refractivity contribution < 1.29 is 22.0 Å². The summed E-state index contributed by atoms with van der Waals surface area (Å²) in [4.78, 5) is 25.2. The van der Waals surface area contributed by atoms with Crippen molar-refractivity contribution in [3.8, 4) is 11.9 Å². The fraction of sp³-hybridized carbons (Fsp3) is 0.440. The molecule has 0 N–H and O–H groups in total. The summed E-state index contributed by atoms with van der Waals surface area (Å²) in [5.74, 6) is -1.58. The summed E-state index contributed by atoms with van der Waals surface area (Å²) in [5.41, 5.74) is 0.801. The third kappa shape index (κ3) is 5.06. The number of hydrogen-bond donors (Lipinski definition) is 0. The number of carbonyl (C=O) groups is 1. The van der Waals surface area contributed by atoms with Gasteiger partial charge in [0.1, 0.15) is 10.7 Å². The van der Waals surface area contributed by atoms with Crippen LogP contribution in [-0.2, 0) is 9.84 Å². The first-order chi connectivity index (χ1) is 19.0. The van der Waals surface area contributed by atoms with E-state index >= 15 is 0 Å². The number of nitriles is 1. The number of amides is 2. The van der Waals surface area contributed by atoms with Crippen LogP contribution in [-0.4, -0.2) is 88.8 Å². The van der Waals surface area contributed by atoms with E-state index in [1.807, 2.05) is 6.07 Å². The highest BCUT2D eigenvalue weighted by Crippen LogP contribution is 2.32. The molecule has 2 atom stereocenters. The number of sulfone groups is 1. The molecular weight excluding hydrogens is 544 g/mol. The minimum absolute atomic E-state index is 0.0217. The number of halogens is 2. The second-order valence-electron chi connectivity index (χ2n) is 9.93. The highest BCUT2D eigenvalue weighted by Gasteiger charge is 2.37. The van der Waals surface area contributed by atoms with Crippen LogP contribution in [0, 0.1) is 36.9 Å². The van der Waals surface area contributed by atoms with Crippen molar-refractivity contribution in [3.63, 3.8) is 0 Å². The average Bonchev–Trinajstić information content (AvgIpc) is 3.52. The van der Waals surface area contributed by atoms with Crippen LogP contribution in [0.4, 0.5) is 19.5 Å². The number of aromatic nitrogens is 4. The molecule has 5 rings (SSSR count). The molecule has 12 nitrogen and oxygen atoms in total. The summed E-state index contributed by atoms with van der Waals surface area (Å²) in [5, 5.41) is 19.0. The zero-order chi connectivity index (χ0) is 28.8. The van der Waals surface area contributed by atoms with Crippen LogP contribution < -0.4 is 4.90 Å². The van der Waals surface area contributed by atoms with E-state index in [-0.39, 0.29) is 40.0 Å². The van der Waals surface area contributed by atoms with Gasteiger partial charge in [-0.05, 0) is 32.4 Å². The Labute approximate surface area is 229 Å². The molecule has 2 aromatic heterocycles. The number of urea groups is 1. The third-order valence-electron chi connectivity index (χ3n) is 7.18. The predicted molar refractivity (Wildman–Crippen MR) is 141 cm³/mol. The number of hydrazone groups is 1. The molecule has 0 bridgehead atoms. The van der Waals surface area contributed by atoms with Crippen molar-refractivity contribution in [1.82, 2.24) is 29.7 Å². The summed E-state index contributed by atoms with van der Waals surface area (Å²) in [7, 11) is -3.58. The van der Waals surface area contributed by atoms with Gasteiger partial charge in [0.2, 0.25) is 5.95 Å². The van der Waals surface area contributed by atoms with E-state index in [2.05, 4.69) is 20.2 Å². The first-order valence-corrected chi connectivity index (χ1v) is 14.5. The largest absolute Gasteiger partial charge is 0.340 e. The second-order valence-corrected chi connectivity index (χ2v) is 11.9. The number of carbonyl (C=O) groups excluding carboxylic acids is 1. The van der Waals surface area contributed by atoms with Gasteiger partial charge in [-0.1, -0.05) is 0 Å². The number of aryl methyl sites for hydroxylation is 1. The van der Waals surface area contributed by atoms with Crippen LogP contribution >= 0.6 is 0 Å². The molecule has 1 saturated heterocycles. The first-order valence-electron chi connectivity index (χ1n) is 12.6. The lowest BCUT2D eigenvalue weighted by Gasteiger charge is -2.38. The number of piperazine rings is 1. The number of rotatable bonds is 4. The molecule has 40 heavy (non-hydrogen) atoms. The van der Waals surface area contributed by atoms with Gasteiger partial charge >= 0.3 is 6.03 Å². The molecule has 0 radical (unpaired) electrons. The molecule has 4 heterocycles. The number of allylic oxidation sites excluding steroid dienone is 3. The van der Waals surface area contributed by atoms with Crippen LogP contribution in [0.15, 0.2) is 39.7 Å². The van der Waals surface area contributed by atoms with Gasteiger partial charge < -0.3 is 9.80 Å². The van der Waals surface area contributed by atoms with Gasteiger partial charge in [-0.2, -0.15) is 20.4 Å². The third-order valence-corrected chi connectivity index (χ3v) is 8.52. The summed E-state index contributed by atoms with van der Waals surface area (Å²) in [6, 6.07) is 1.28. The number of hydrogen-bond acceptors (Lipinski definition) is 9. The summed E-state index contributed by atoms with van der Waals surface area (Å²) < 4.78 is 54.4. The molecule has 0 aromatic carbocycles. The topological polar surface area (TPSA) is 141 Å². The molecule has 2 amide bonds. The normalized spacial score (nSPS) is 21.4. The molecule has 0 saturated carbocycles. The van der Waals surface area contributed by atoms with E-state index in [0.717, 1.165) is 17.1 Å². The quantitative estimate of drug-likeness (QED) is 0.545. The monoisotopic (exact) mass is 571 g/mol. The minimum Gasteiger partial charge on any atom is -0.337 e. The smallest absolute Gasteiger partial charge is 0.337 e. The number of anilines is 1. The predicted octanol–water partition coefficient (Wildman–Crippen LogP) is 2.45. The lowest BCUT2D eigenvalue weighted by Crippen LogP contribution is -2.54. The van der Waals surface area contributed by atoms with Gasteiger partial charge in [-0.25, -0.2) is 36.7 Å². The van der Waals surface area contributed by atoms with Gasteiger partial charge in [0.05, 0.1) is 29.7 Å². The maximum atomic E-state index is 14.8. The van der Waals surface area contributed by atoms with Crippen molar-refractivity contribution in [2.75, 3.05) is 37.3 Å². The fourth-order valence-corrected chi connectivity index (χ4v) is 6.56. The molecule has 1 aliphatic carbocycles. The van der Waals surface area contributed by atoms with Gasteiger partial charge in [0, 0.05) is 56.6 Å². The van der Waals surface area contributed by atoms with Gasteiger partial charge in [0.15, 0.2) is 21.5 Å². The molecule has 15 heteroatoms. The van der Waals surface area contributed by atoms with Gasteiger partial charge in [0.25, 0.3) is 0 Å². The lowest BCUT2D eigenvalue weighted by atomic mass is 9.87. The Kier molecular flexibility index (Phi) is 7.13. The van der Waals surface area contributed by atoms with Crippen LogP contribution in [0.3, 0.4) is 0 Å². The Hall–Kier alpha value is -4.19. The SMILES string of the molecule is Cc1nn(-c2nc(N3CCN(C(=O)N4N=CC[C@H]4C4C=C(F)C=C(C#N)C4)CC3)ncc2F)c(C)c1S(C)(=O)=O. The van der Waals surface area contributed by atoms with E-state index in [1.54, 1.807) is 16.0 Å². The molecule has 210 valence electrons. The highest BCUT2D eigenvalue weighted by atomic mass is 32.2. The first kappa shape index (κ1) is 27.4. The molecule has 1 unspecified atom stereocenters. The molecule has 2 aromatic rings. The van der Waals surface area contributed by atoms with Crippen molar-refractivity contribution in [1.29, 1.82) is 5.26 Å². The summed E-state index contributed by atoms with van der Waals surface area (Å²) in [6.07, 6.45) is 7.13. The van der Waals surface area contributed by atoms with E-state index in [1.165, 1.54) is 31.0 Å². The second kappa shape index (κ2) is 10.4. The van der Waals surface area contributed by atoms with Gasteiger partial charge in [-0.15, -0.1) is 0 Å². The van der Waals surface area contributed by atoms with E-state index in [9.17, 15) is 27.3 Å². The number of nitrogens with zero attached hydrogens (tertiary/aromatic N) is 9. The molecular formula is C25H27F2N9O3S. The zero-order valence-electron chi connectivity index (χ0n) is 22.1. The molecule has 0 spiro atoms. The average molecular weight is 572 g/mol. The maximum Gasteiger partial charge on any atom is 0.340 e. The van der Waals surface area contributed by atoms with Crippen molar-refractivity contribution >= 4 is 28.0 Å². The Morgan fingerprint density at radius 2 is 1.90 bits per heavy atom. The maximum absolute atomic E-state index is 14.8. The van der Waals surface area contributed by atoms with E-state index in [0.29, 0.717) is 44.6 Å². The van der Waals surface area contributed by atoms with E-state index in [4.69, 9.17) is 0 Å². The molecule has 3 aliphatic rings. The van der Waals surface area contributed by atoms with Crippen LogP contribution in [0.25, 0.3) is 5.82 Å². The highest BCUT2D eigenvalue weighted by molar-refractivity contribution is 7.90. The summed E-state index contributed by atoms with van der Waals surface area (Å²) >= 11 is 0. The minimum atomic E-state index is -3.58. The van der Waals surface area contributed by atoms with Crippen LogP contribution in [0.1, 0.15) is 24.2 Å². The van der Waals surface area contributed by atoms with Crippen LogP contribution in [0.5, 0.6) is 0 Å². The summed E-state index contributed by atoms with van der Waals surface area (Å²) in [6.45, 7) is 4.39. The fourth-order valence-electron chi connectivity index (χ4n) is 5.36. The van der Waals surface area contributed by atoms with Crippen molar-refractivity contribution in [2.24, 2.45) is 11.0 Å². The Balaban J connectivity index is 1.29. The Bertz CT molecular complexity index is 1600. The Morgan fingerprint density at radius 3 is 2.55 bits per heavy atom. The standard InChI is InChI=1S/C25H27F2N9O3S/c1-15-22(40(3,38)39)16(2)35(32-15)23-20(27)14-29-24(31-23)33-6-8-34(9-7-33)25(37)36-21(4-5-30-36)18-10-17(13-28)11-19(26)12-18/h5,11-12,14,18,21H,4,6-10H2,1-3H3/t18?,21-/m0/s1. The zero-order valence-corrected chi connectivity index (χ0v) is 22.9. The van der Waals surface area contributed by atoms with Crippen LogP contribution in [0.2, 0.25) is 0 Å². The molecule has 2 aliphatic heterocycles.